The molecule has 1 N–H and O–H groups in total. The lowest BCUT2D eigenvalue weighted by Gasteiger charge is -2.03. The molecule has 3 rings (SSSR count). The van der Waals surface area contributed by atoms with Crippen LogP contribution in [0, 0.1) is 13.8 Å². The summed E-state index contributed by atoms with van der Waals surface area (Å²) in [5, 5.41) is 2.89. The summed E-state index contributed by atoms with van der Waals surface area (Å²) in [7, 11) is 0. The Bertz CT molecular complexity index is 698. The summed E-state index contributed by atoms with van der Waals surface area (Å²) < 4.78 is 0. The number of amides is 1. The van der Waals surface area contributed by atoms with Gasteiger partial charge in [-0.15, -0.1) is 0 Å². The first-order chi connectivity index (χ1) is 9.15. The zero-order valence-corrected chi connectivity index (χ0v) is 11.0. The molecule has 1 amide bonds. The molecule has 0 bridgehead atoms. The molecule has 0 atom stereocenters. The van der Waals surface area contributed by atoms with E-state index in [9.17, 15) is 4.79 Å². The number of hydrogen-bond donors (Lipinski definition) is 1. The normalized spacial score (nSPS) is 15.5. The van der Waals surface area contributed by atoms with Crippen LogP contribution >= 0.6 is 0 Å². The summed E-state index contributed by atoms with van der Waals surface area (Å²) >= 11 is 0. The molecule has 0 fully saturated rings. The quantitative estimate of drug-likeness (QED) is 0.765. The van der Waals surface area contributed by atoms with Crippen molar-refractivity contribution in [2.24, 2.45) is 0 Å². The summed E-state index contributed by atoms with van der Waals surface area (Å²) in [5.41, 5.74) is 6.12. The van der Waals surface area contributed by atoms with Crippen molar-refractivity contribution in [3.05, 3.63) is 64.7 Å². The molecule has 0 saturated heterocycles. The number of anilines is 1. The molecule has 94 valence electrons. The van der Waals surface area contributed by atoms with Crippen molar-refractivity contribution in [2.45, 2.75) is 13.8 Å². The van der Waals surface area contributed by atoms with E-state index in [1.165, 1.54) is 11.1 Å². The number of aryl methyl sites for hydroxylation is 2. The number of carbonyl (C=O) groups excluding carboxylic acids is 1. The molecule has 2 nitrogen and oxygen atoms in total. The molecule has 1 aliphatic heterocycles. The van der Waals surface area contributed by atoms with Gasteiger partial charge in [0, 0.05) is 16.8 Å². The first-order valence-corrected chi connectivity index (χ1v) is 6.35. The maximum atomic E-state index is 12.0. The Morgan fingerprint density at radius 2 is 1.84 bits per heavy atom. The SMILES string of the molecule is Cc1ccc(C=C2C(=O)Nc3ccccc32)c(C)c1. The summed E-state index contributed by atoms with van der Waals surface area (Å²) in [6.45, 7) is 4.14. The van der Waals surface area contributed by atoms with E-state index < -0.39 is 0 Å². The molecular weight excluding hydrogens is 234 g/mol. The van der Waals surface area contributed by atoms with Gasteiger partial charge >= 0.3 is 0 Å². The highest BCUT2D eigenvalue weighted by molar-refractivity contribution is 6.34. The van der Waals surface area contributed by atoms with Crippen molar-refractivity contribution >= 4 is 23.2 Å². The molecule has 0 aromatic heterocycles. The van der Waals surface area contributed by atoms with E-state index >= 15 is 0 Å². The Labute approximate surface area is 112 Å². The van der Waals surface area contributed by atoms with E-state index in [2.05, 4.69) is 37.4 Å². The highest BCUT2D eigenvalue weighted by atomic mass is 16.2. The Hall–Kier alpha value is -2.35. The van der Waals surface area contributed by atoms with Crippen LogP contribution in [-0.4, -0.2) is 5.91 Å². The van der Waals surface area contributed by atoms with Crippen molar-refractivity contribution in [1.82, 2.24) is 0 Å². The molecule has 19 heavy (non-hydrogen) atoms. The smallest absolute Gasteiger partial charge is 0.256 e. The molecule has 1 heterocycles. The minimum Gasteiger partial charge on any atom is -0.321 e. The summed E-state index contributed by atoms with van der Waals surface area (Å²) in [6, 6.07) is 14.0. The van der Waals surface area contributed by atoms with Gasteiger partial charge in [-0.2, -0.15) is 0 Å². The van der Waals surface area contributed by atoms with Crippen molar-refractivity contribution in [3.8, 4) is 0 Å². The van der Waals surface area contributed by atoms with E-state index in [0.29, 0.717) is 0 Å². The van der Waals surface area contributed by atoms with Gasteiger partial charge in [0.2, 0.25) is 0 Å². The van der Waals surface area contributed by atoms with Crippen LogP contribution in [-0.2, 0) is 4.79 Å². The van der Waals surface area contributed by atoms with Crippen molar-refractivity contribution < 1.29 is 4.79 Å². The molecular formula is C17H15NO. The largest absolute Gasteiger partial charge is 0.321 e. The summed E-state index contributed by atoms with van der Waals surface area (Å²) in [4.78, 5) is 12.0. The predicted octanol–water partition coefficient (Wildman–Crippen LogP) is 3.80. The number of nitrogens with one attached hydrogen (secondary N) is 1. The molecule has 2 aromatic rings. The van der Waals surface area contributed by atoms with E-state index in [1.807, 2.05) is 30.3 Å². The lowest BCUT2D eigenvalue weighted by atomic mass is 10.00. The number of benzene rings is 2. The van der Waals surface area contributed by atoms with Crippen LogP contribution in [0.25, 0.3) is 11.6 Å². The first-order valence-electron chi connectivity index (χ1n) is 6.35. The summed E-state index contributed by atoms with van der Waals surface area (Å²) in [6.07, 6.45) is 1.97. The number of carbonyl (C=O) groups is 1. The van der Waals surface area contributed by atoms with Crippen LogP contribution in [0.1, 0.15) is 22.3 Å². The molecule has 0 spiro atoms. The Balaban J connectivity index is 2.11. The van der Waals surface area contributed by atoms with E-state index in [4.69, 9.17) is 0 Å². The molecule has 0 radical (unpaired) electrons. The molecule has 2 heteroatoms. The predicted molar refractivity (Wildman–Crippen MR) is 78.9 cm³/mol. The lowest BCUT2D eigenvalue weighted by Crippen LogP contribution is -2.03. The van der Waals surface area contributed by atoms with E-state index in [1.54, 1.807) is 0 Å². The van der Waals surface area contributed by atoms with Gasteiger partial charge in [-0.05, 0) is 37.1 Å². The highest BCUT2D eigenvalue weighted by Crippen LogP contribution is 2.33. The third-order valence-electron chi connectivity index (χ3n) is 3.44. The second-order valence-electron chi connectivity index (χ2n) is 4.92. The fourth-order valence-corrected chi connectivity index (χ4v) is 2.43. The molecule has 0 aliphatic carbocycles. The van der Waals surface area contributed by atoms with Crippen LogP contribution in [0.4, 0.5) is 5.69 Å². The molecule has 2 aromatic carbocycles. The van der Waals surface area contributed by atoms with Crippen molar-refractivity contribution in [2.75, 3.05) is 5.32 Å². The number of para-hydroxylation sites is 1. The van der Waals surface area contributed by atoms with Crippen molar-refractivity contribution in [1.29, 1.82) is 0 Å². The van der Waals surface area contributed by atoms with Gasteiger partial charge in [-0.3, -0.25) is 4.79 Å². The summed E-state index contributed by atoms with van der Waals surface area (Å²) in [5.74, 6) is -0.0267. The van der Waals surface area contributed by atoms with Gasteiger partial charge in [0.25, 0.3) is 5.91 Å². The van der Waals surface area contributed by atoms with Crippen LogP contribution in [0.2, 0.25) is 0 Å². The Morgan fingerprint density at radius 3 is 2.63 bits per heavy atom. The highest BCUT2D eigenvalue weighted by Gasteiger charge is 2.23. The topological polar surface area (TPSA) is 29.1 Å². The van der Waals surface area contributed by atoms with E-state index in [-0.39, 0.29) is 5.91 Å². The fourth-order valence-electron chi connectivity index (χ4n) is 2.43. The Kier molecular flexibility index (Phi) is 2.71. The number of fused-ring (bicyclic) bond motifs is 1. The zero-order valence-electron chi connectivity index (χ0n) is 11.0. The lowest BCUT2D eigenvalue weighted by molar-refractivity contribution is -0.110. The van der Waals surface area contributed by atoms with Gasteiger partial charge in [-0.25, -0.2) is 0 Å². The second-order valence-corrected chi connectivity index (χ2v) is 4.92. The number of rotatable bonds is 1. The minimum absolute atomic E-state index is 0.0267. The Morgan fingerprint density at radius 1 is 1.05 bits per heavy atom. The fraction of sp³-hybridized carbons (Fsp3) is 0.118. The van der Waals surface area contributed by atoms with Gasteiger partial charge < -0.3 is 5.32 Å². The van der Waals surface area contributed by atoms with Gasteiger partial charge in [-0.1, -0.05) is 42.0 Å². The maximum Gasteiger partial charge on any atom is 0.256 e. The molecule has 0 saturated carbocycles. The van der Waals surface area contributed by atoms with Crippen LogP contribution in [0.15, 0.2) is 42.5 Å². The van der Waals surface area contributed by atoms with Crippen LogP contribution in [0.3, 0.4) is 0 Å². The van der Waals surface area contributed by atoms with Gasteiger partial charge in [0.05, 0.1) is 0 Å². The third-order valence-corrected chi connectivity index (χ3v) is 3.44. The van der Waals surface area contributed by atoms with Crippen LogP contribution in [0.5, 0.6) is 0 Å². The second kappa shape index (κ2) is 4.39. The standard InChI is InChI=1S/C17H15NO/c1-11-7-8-13(12(2)9-11)10-15-14-5-3-4-6-16(14)18-17(15)19/h3-10H,1-2H3,(H,18,19). The van der Waals surface area contributed by atoms with Gasteiger partial charge in [0.15, 0.2) is 0 Å². The zero-order chi connectivity index (χ0) is 13.4. The van der Waals surface area contributed by atoms with Crippen molar-refractivity contribution in [3.63, 3.8) is 0 Å². The first kappa shape index (κ1) is 11.7. The molecule has 1 aliphatic rings. The van der Waals surface area contributed by atoms with E-state index in [0.717, 1.165) is 22.4 Å². The minimum atomic E-state index is -0.0267. The molecule has 0 unspecified atom stereocenters. The average Bonchev–Trinajstić information content (AvgIpc) is 2.69. The van der Waals surface area contributed by atoms with Crippen LogP contribution < -0.4 is 5.32 Å². The average molecular weight is 249 g/mol. The number of hydrogen-bond acceptors (Lipinski definition) is 1. The monoisotopic (exact) mass is 249 g/mol. The van der Waals surface area contributed by atoms with Gasteiger partial charge in [0.1, 0.15) is 0 Å². The maximum absolute atomic E-state index is 12.0. The third kappa shape index (κ3) is 2.06.